The summed E-state index contributed by atoms with van der Waals surface area (Å²) in [7, 11) is -3.56. The molecule has 2 aromatic heterocycles. The largest absolute Gasteiger partial charge is 0.456 e. The molecule has 1 amide bonds. The van der Waals surface area contributed by atoms with Crippen LogP contribution in [0.25, 0.3) is 0 Å². The molecular weight excluding hydrogens is 537 g/mol. The number of sulfone groups is 1. The van der Waals surface area contributed by atoms with Gasteiger partial charge in [0.1, 0.15) is 23.1 Å². The molecule has 39 heavy (non-hydrogen) atoms. The number of H-pyrrole nitrogens is 1. The van der Waals surface area contributed by atoms with Gasteiger partial charge in [0.2, 0.25) is 5.91 Å². The highest BCUT2D eigenvalue weighted by Crippen LogP contribution is 2.40. The number of carbonyl (C=O) groups is 1. The molecule has 2 N–H and O–H groups in total. The van der Waals surface area contributed by atoms with Crippen molar-refractivity contribution in [2.24, 2.45) is 0 Å². The molecule has 3 aromatic rings. The summed E-state index contributed by atoms with van der Waals surface area (Å²) in [5.41, 5.74) is -0.685. The van der Waals surface area contributed by atoms with Gasteiger partial charge in [-0.05, 0) is 55.0 Å². The molecule has 3 heterocycles. The van der Waals surface area contributed by atoms with Crippen LogP contribution >= 0.6 is 0 Å². The Bertz CT molecular complexity index is 1500. The van der Waals surface area contributed by atoms with Crippen molar-refractivity contribution in [2.75, 3.05) is 24.7 Å². The summed E-state index contributed by atoms with van der Waals surface area (Å²) in [5, 5.41) is 2.66. The lowest BCUT2D eigenvalue weighted by atomic mass is 9.86. The van der Waals surface area contributed by atoms with Crippen molar-refractivity contribution in [3.63, 3.8) is 0 Å². The van der Waals surface area contributed by atoms with Gasteiger partial charge in [0.25, 0.3) is 11.5 Å². The SMILES string of the molecule is C[C@@H](C(=O)Nc1ccc(Oc2ccc(F)cc2)cn1)N1CCC(F)(F)[C@@H](c2c[nH]c(=O)c(CS(C)(=O)=O)c2)C1. The number of alkyl halides is 2. The number of halogens is 3. The number of hydrogen-bond acceptors (Lipinski definition) is 7. The Hall–Kier alpha value is -3.71. The van der Waals surface area contributed by atoms with E-state index in [1.807, 2.05) is 0 Å². The van der Waals surface area contributed by atoms with Crippen LogP contribution in [0.4, 0.5) is 19.0 Å². The number of nitrogens with zero attached hydrogens (tertiary/aromatic N) is 2. The molecule has 0 saturated carbocycles. The first kappa shape index (κ1) is 28.3. The van der Waals surface area contributed by atoms with Gasteiger partial charge in [-0.25, -0.2) is 26.6 Å². The van der Waals surface area contributed by atoms with E-state index in [9.17, 15) is 31.2 Å². The molecule has 0 unspecified atom stereocenters. The van der Waals surface area contributed by atoms with E-state index >= 15 is 0 Å². The lowest BCUT2D eigenvalue weighted by Crippen LogP contribution is -2.52. The summed E-state index contributed by atoms with van der Waals surface area (Å²) in [4.78, 5) is 33.1. The predicted octanol–water partition coefficient (Wildman–Crippen LogP) is 3.70. The first-order valence-electron chi connectivity index (χ1n) is 12.0. The van der Waals surface area contributed by atoms with E-state index in [0.717, 1.165) is 6.26 Å². The fourth-order valence-electron chi connectivity index (χ4n) is 4.32. The lowest BCUT2D eigenvalue weighted by Gasteiger charge is -2.40. The molecule has 1 aliphatic heterocycles. The van der Waals surface area contributed by atoms with E-state index in [1.165, 1.54) is 48.8 Å². The van der Waals surface area contributed by atoms with Crippen LogP contribution in [-0.2, 0) is 20.4 Å². The van der Waals surface area contributed by atoms with Crippen LogP contribution in [0.1, 0.15) is 30.4 Å². The average Bonchev–Trinajstić information content (AvgIpc) is 2.87. The first-order valence-corrected chi connectivity index (χ1v) is 14.1. The van der Waals surface area contributed by atoms with Gasteiger partial charge in [-0.15, -0.1) is 0 Å². The second-order valence-corrected chi connectivity index (χ2v) is 11.7. The van der Waals surface area contributed by atoms with Crippen LogP contribution in [0.3, 0.4) is 0 Å². The number of anilines is 1. The van der Waals surface area contributed by atoms with E-state index in [-0.39, 0.29) is 30.0 Å². The quantitative estimate of drug-likeness (QED) is 0.428. The molecule has 0 radical (unpaired) electrons. The van der Waals surface area contributed by atoms with Crippen LogP contribution in [0.2, 0.25) is 0 Å². The number of nitrogens with one attached hydrogen (secondary N) is 2. The number of ether oxygens (including phenoxy) is 1. The fourth-order valence-corrected chi connectivity index (χ4v) is 5.10. The number of aromatic nitrogens is 2. The fraction of sp³-hybridized carbons (Fsp3) is 0.346. The van der Waals surface area contributed by atoms with Gasteiger partial charge < -0.3 is 15.0 Å². The van der Waals surface area contributed by atoms with Crippen LogP contribution < -0.4 is 15.6 Å². The van der Waals surface area contributed by atoms with Crippen molar-refractivity contribution in [2.45, 2.75) is 37.0 Å². The zero-order valence-electron chi connectivity index (χ0n) is 21.2. The Labute approximate surface area is 222 Å². The second-order valence-electron chi connectivity index (χ2n) is 9.52. The van der Waals surface area contributed by atoms with Gasteiger partial charge in [0.15, 0.2) is 9.84 Å². The third kappa shape index (κ3) is 7.24. The van der Waals surface area contributed by atoms with E-state index in [0.29, 0.717) is 11.5 Å². The van der Waals surface area contributed by atoms with Gasteiger partial charge in [-0.3, -0.25) is 14.5 Å². The van der Waals surface area contributed by atoms with Crippen molar-refractivity contribution in [1.82, 2.24) is 14.9 Å². The van der Waals surface area contributed by atoms with Crippen molar-refractivity contribution >= 4 is 21.6 Å². The molecule has 1 saturated heterocycles. The topological polar surface area (TPSA) is 121 Å². The molecule has 1 aromatic carbocycles. The van der Waals surface area contributed by atoms with Gasteiger partial charge in [0, 0.05) is 37.5 Å². The number of likely N-dealkylation sites (tertiary alicyclic amines) is 1. The Morgan fingerprint density at radius 2 is 1.92 bits per heavy atom. The third-order valence-corrected chi connectivity index (χ3v) is 7.28. The highest BCUT2D eigenvalue weighted by molar-refractivity contribution is 7.89. The Balaban J connectivity index is 1.43. The normalized spacial score (nSPS) is 18.3. The highest BCUT2D eigenvalue weighted by atomic mass is 32.2. The molecule has 13 heteroatoms. The summed E-state index contributed by atoms with van der Waals surface area (Å²) in [6.07, 6.45) is 2.98. The number of rotatable bonds is 8. The maximum Gasteiger partial charge on any atom is 0.257 e. The first-order chi connectivity index (χ1) is 18.3. The molecule has 2 atom stereocenters. The van der Waals surface area contributed by atoms with Gasteiger partial charge >= 0.3 is 0 Å². The zero-order valence-corrected chi connectivity index (χ0v) is 22.0. The Morgan fingerprint density at radius 1 is 1.23 bits per heavy atom. The molecule has 9 nitrogen and oxygen atoms in total. The molecule has 1 fully saturated rings. The Morgan fingerprint density at radius 3 is 2.56 bits per heavy atom. The standard InChI is InChI=1S/C26H27F3N4O5S/c1-16(24(34)32-23-8-7-21(13-30-23)38-20-5-3-19(27)4-6-20)33-10-9-26(28,29)22(14-33)17-11-18(15-39(2,36)37)25(35)31-12-17/h3-8,11-13,16,22H,9-10,14-15H2,1-2H3,(H,31,35)(H,30,32,34)/t16-,22+/m0/s1. The number of hydrogen-bond donors (Lipinski definition) is 2. The zero-order chi connectivity index (χ0) is 28.4. The minimum absolute atomic E-state index is 0.0461. The molecule has 4 rings (SSSR count). The van der Waals surface area contributed by atoms with E-state index in [2.05, 4.69) is 15.3 Å². The van der Waals surface area contributed by atoms with E-state index < -0.39 is 57.2 Å². The summed E-state index contributed by atoms with van der Waals surface area (Å²) < 4.78 is 71.9. The van der Waals surface area contributed by atoms with Crippen molar-refractivity contribution in [3.8, 4) is 11.5 Å². The summed E-state index contributed by atoms with van der Waals surface area (Å²) >= 11 is 0. The molecular formula is C26H27F3N4O5S. The number of amides is 1. The number of benzene rings is 1. The summed E-state index contributed by atoms with van der Waals surface area (Å²) in [6, 6.07) is 8.92. The molecule has 1 aliphatic rings. The van der Waals surface area contributed by atoms with E-state index in [1.54, 1.807) is 17.9 Å². The van der Waals surface area contributed by atoms with Gasteiger partial charge in [-0.1, -0.05) is 0 Å². The summed E-state index contributed by atoms with van der Waals surface area (Å²) in [5.74, 6) is -4.92. The maximum absolute atomic E-state index is 14.9. The molecule has 208 valence electrons. The summed E-state index contributed by atoms with van der Waals surface area (Å²) in [6.45, 7) is 1.35. The minimum atomic E-state index is -3.56. The number of pyridine rings is 2. The average molecular weight is 565 g/mol. The number of aromatic amines is 1. The minimum Gasteiger partial charge on any atom is -0.456 e. The maximum atomic E-state index is 14.9. The van der Waals surface area contributed by atoms with Gasteiger partial charge in [-0.2, -0.15) is 0 Å². The van der Waals surface area contributed by atoms with E-state index in [4.69, 9.17) is 4.74 Å². The van der Waals surface area contributed by atoms with Crippen LogP contribution in [0.5, 0.6) is 11.5 Å². The monoisotopic (exact) mass is 564 g/mol. The number of carbonyl (C=O) groups excluding carboxylic acids is 1. The predicted molar refractivity (Wildman–Crippen MR) is 138 cm³/mol. The van der Waals surface area contributed by atoms with Crippen LogP contribution in [0, 0.1) is 5.82 Å². The highest BCUT2D eigenvalue weighted by Gasteiger charge is 2.46. The Kier molecular flexibility index (Phi) is 8.12. The molecule has 0 spiro atoms. The number of piperidine rings is 1. The smallest absolute Gasteiger partial charge is 0.257 e. The van der Waals surface area contributed by atoms with Crippen LogP contribution in [0.15, 0.2) is 59.7 Å². The molecule has 0 aliphatic carbocycles. The van der Waals surface area contributed by atoms with Gasteiger partial charge in [0.05, 0.1) is 23.9 Å². The molecule has 0 bridgehead atoms. The van der Waals surface area contributed by atoms with Crippen LogP contribution in [-0.4, -0.2) is 60.5 Å². The van der Waals surface area contributed by atoms with Crippen molar-refractivity contribution < 1.29 is 31.1 Å². The van der Waals surface area contributed by atoms with Crippen molar-refractivity contribution in [3.05, 3.63) is 82.2 Å². The third-order valence-electron chi connectivity index (χ3n) is 6.45. The van der Waals surface area contributed by atoms with Crippen molar-refractivity contribution in [1.29, 1.82) is 0 Å². The lowest BCUT2D eigenvalue weighted by molar-refractivity contribution is -0.125. The second kappa shape index (κ2) is 11.2.